The molecule has 33 rings (SSSR count). The van der Waals surface area contributed by atoms with E-state index in [-0.39, 0.29) is 10.3 Å². The first kappa shape index (κ1) is 95.0. The van der Waals surface area contributed by atoms with Crippen molar-refractivity contribution in [1.29, 1.82) is 0 Å². The van der Waals surface area contributed by atoms with Crippen LogP contribution in [-0.4, -0.2) is 464 Å². The molecule has 120 heavy (non-hydrogen) atoms. The van der Waals surface area contributed by atoms with Crippen LogP contribution >= 0.6 is 11.8 Å². The first-order valence-corrected chi connectivity index (χ1v) is 42.0. The van der Waals surface area contributed by atoms with Crippen molar-refractivity contribution < 1.29 is 219 Å². The number of aliphatic hydroxyl groups excluding tert-OH is 22. The normalized spacial score (nSPS) is 44.2. The van der Waals surface area contributed by atoms with Crippen molar-refractivity contribution >= 4 is 54.3 Å². The lowest BCUT2D eigenvalue weighted by atomic mass is 9.95. The third-order valence-corrected chi connectivity index (χ3v) is 26.0. The molecule has 3 aromatic carbocycles. The number of fused-ring (bicyclic) bond motifs is 1. The molecule has 0 amide bonds. The van der Waals surface area contributed by atoms with Crippen LogP contribution in [0.5, 0.6) is 0 Å². The van der Waals surface area contributed by atoms with Crippen molar-refractivity contribution in [3.05, 3.63) is 66.2 Å². The number of sulfonamides is 1. The van der Waals surface area contributed by atoms with Gasteiger partial charge >= 0.3 is 5.97 Å². The molecular weight excluding hydrogens is 1680 g/mol. The van der Waals surface area contributed by atoms with Gasteiger partial charge in [-0.15, -0.1) is 0 Å². The summed E-state index contributed by atoms with van der Waals surface area (Å²) >= 11 is 0.578. The van der Waals surface area contributed by atoms with Crippen molar-refractivity contribution in [2.24, 2.45) is 0 Å². The first-order valence-electron chi connectivity index (χ1n) is 37.9. The zero-order valence-corrected chi connectivity index (χ0v) is 66.2. The molecule has 30 aliphatic rings. The molecule has 41 atom stereocenters. The number of anilines is 1. The maximum Gasteiger partial charge on any atom is 0.322 e. The molecule has 24 N–H and O–H groups in total. The van der Waals surface area contributed by atoms with Crippen molar-refractivity contribution in [1.82, 2.24) is 4.72 Å². The van der Waals surface area contributed by atoms with Gasteiger partial charge in [0.25, 0.3) is 10.1 Å². The molecule has 680 valence electrons. The van der Waals surface area contributed by atoms with E-state index in [0.717, 1.165) is 12.1 Å². The molecule has 0 aliphatic carbocycles. The lowest BCUT2D eigenvalue weighted by Gasteiger charge is -2.50. The van der Waals surface area contributed by atoms with E-state index in [2.05, 4.69) is 4.72 Å². The quantitative estimate of drug-likeness (QED) is 0.0496. The topological polar surface area (TPSA) is 723 Å². The summed E-state index contributed by atoms with van der Waals surface area (Å²) in [5, 5.41) is 264. The monoisotopic (exact) mass is 1790 g/mol. The number of nitrogens with zero attached hydrogens (tertiary/aromatic N) is 1. The number of thioether (sulfide) groups is 1. The molecule has 0 saturated carbocycles. The molecule has 50 heteroatoms. The van der Waals surface area contributed by atoms with E-state index >= 15 is 0 Å². The van der Waals surface area contributed by atoms with Gasteiger partial charge in [-0.3, -0.25) is 8.98 Å². The zero-order chi connectivity index (χ0) is 87.2. The highest BCUT2D eigenvalue weighted by Gasteiger charge is 2.61. The van der Waals surface area contributed by atoms with Gasteiger partial charge in [-0.25, -0.2) is 8.42 Å². The van der Waals surface area contributed by atoms with Crippen LogP contribution in [0, 0.1) is 6.92 Å². The molecule has 47 nitrogen and oxygen atoms in total. The highest BCUT2D eigenvalue weighted by molar-refractivity contribution is 7.99. The van der Waals surface area contributed by atoms with E-state index in [1.54, 1.807) is 44.1 Å². The van der Waals surface area contributed by atoms with Crippen LogP contribution in [0.1, 0.15) is 5.56 Å². The Bertz CT molecular complexity index is 4050. The van der Waals surface area contributed by atoms with E-state index in [1.165, 1.54) is 30.3 Å². The van der Waals surface area contributed by atoms with Crippen molar-refractivity contribution in [3.63, 3.8) is 0 Å². The summed E-state index contributed by atoms with van der Waals surface area (Å²) in [4.78, 5) is 14.0. The lowest BCUT2D eigenvalue weighted by Crippen LogP contribution is -2.69. The van der Waals surface area contributed by atoms with Gasteiger partial charge in [0.1, 0.15) is 195 Å². The molecule has 16 bridgehead atoms. The number of carbonyl (C=O) groups is 1. The SMILES string of the molecule is Cc1ccc(S(=O)(=O)OC[C@H]2O[C@@H]3O[C@H]4[C@H](O)[C@@H](O)[C@@H](O[C@H]5[C@H](O)[C@@H](O)[C@@H](O[C@H]6[C@H](O)[C@@H](O)[C@@H](O[C@H]7[C@H](O)[C@@H](O)[C@@H](O[C@H]8[C@H](O)[C@@H](O)[C@H](O[C@@H]8CO)O[C@H]8C(O)[C@@H](O)[C@@H](O[C@H]9[C@H](O)[C@@H](O)[C@@H](O[C@H]2[C@H](O)[C@H]3O)O[C@@H]9CO)O[C@@H]8CO)O[C@@H]7CO)O[C@@H]6CO)O[C@@H]5CO)O[C@@H]4CSC[C@H](NS(=O)(=O)c2cccc3c(N(C)C)cccc23)C(=O)O)cc1. The first-order chi connectivity index (χ1) is 56.9. The number of hydrogen-bond donors (Lipinski definition) is 24. The number of nitrogens with one attached hydrogen (secondary N) is 1. The predicted molar refractivity (Wildman–Crippen MR) is 389 cm³/mol. The molecule has 0 spiro atoms. The molecule has 1 unspecified atom stereocenters. The van der Waals surface area contributed by atoms with Gasteiger partial charge in [0, 0.05) is 42.1 Å². The fourth-order valence-electron chi connectivity index (χ4n) is 15.4. The maximum absolute atomic E-state index is 14.3. The second kappa shape index (κ2) is 40.0. The standard InChI is InChI=1S/C70H102N2O45S3/c1-23-10-12-24(13-11-23)120(99,100)101-20-35-60-44(85)52(93)69(108-35)117-61-36(22-118-21-27(62(95)96)71-119(97,98)37-9-5-6-25-26(37)7-4-8-28(25)72(2)3)109-70(53(94)45(61)86)115-59-34(19-78)106-67(50(91)42(59)83)113-57-32(17-76)104-65(48(89)40(57)81)111-55-30(15-74)102-63(46(87)38(55)79)110-54-29(14-73)103-64(47(88)39(54)80)112-56-31(16-75)105-66(49(90)41(56)82)114-58-33(18-77)107-68(116-60)51(92)43(58)84/h4-13,27,29-36,38-61,63-71,73-94H,14-22H2,1-3H3,(H,95,96)/t27-,29+,30+,31+,32+,33+,34+,35+,36+,38+,39+,40+,41?,42+,43+,44+,45+,46+,47+,48+,49+,50+,51+,52+,53+,54+,55+,56+,57+,58+,59+,60+,61+,63+,64+,65+,66+,67+,68+,69+,70+/m0/s1. The van der Waals surface area contributed by atoms with E-state index in [0.29, 0.717) is 28.4 Å². The van der Waals surface area contributed by atoms with Gasteiger partial charge in [0.15, 0.2) is 50.3 Å². The third kappa shape index (κ3) is 19.8. The molecule has 30 heterocycles. The van der Waals surface area contributed by atoms with Crippen LogP contribution in [0.25, 0.3) is 10.8 Å². The second-order valence-electron chi connectivity index (χ2n) is 30.2. The molecule has 30 fully saturated rings. The predicted octanol–water partition coefficient (Wildman–Crippen LogP) is -13.3. The Kier molecular flexibility index (Phi) is 31.7. The number of aliphatic carboxylic acids is 1. The van der Waals surface area contributed by atoms with Gasteiger partial charge in [-0.05, 0) is 31.2 Å². The van der Waals surface area contributed by atoms with Gasteiger partial charge in [-0.1, -0.05) is 42.0 Å². The smallest absolute Gasteiger partial charge is 0.322 e. The fourth-order valence-corrected chi connectivity index (χ4v) is 18.9. The number of carboxylic acids is 1. The van der Waals surface area contributed by atoms with E-state index in [1.807, 2.05) is 0 Å². The Balaban J connectivity index is 0.863. The van der Waals surface area contributed by atoms with Crippen molar-refractivity contribution in [2.75, 3.05) is 76.7 Å². The van der Waals surface area contributed by atoms with Crippen LogP contribution in [0.2, 0.25) is 0 Å². The van der Waals surface area contributed by atoms with Gasteiger partial charge in [0.2, 0.25) is 10.0 Å². The third-order valence-electron chi connectivity index (χ3n) is 22.0. The molecule has 0 aromatic heterocycles. The van der Waals surface area contributed by atoms with E-state index in [9.17, 15) is 139 Å². The van der Waals surface area contributed by atoms with E-state index in [4.69, 9.17) is 80.0 Å². The number of aliphatic hydroxyl groups is 22. The Labute approximate surface area is 686 Å². The lowest BCUT2D eigenvalue weighted by molar-refractivity contribution is -0.403. The zero-order valence-electron chi connectivity index (χ0n) is 63.7. The number of carboxylic acid groups (broad SMARTS) is 1. The minimum atomic E-state index is -4.88. The molecule has 30 saturated heterocycles. The molecule has 0 radical (unpaired) electrons. The number of ether oxygens (including phenoxy) is 16. The van der Waals surface area contributed by atoms with E-state index < -0.39 is 340 Å². The summed E-state index contributed by atoms with van der Waals surface area (Å²) in [7, 11) is -6.20. The second-order valence-corrected chi connectivity index (χ2v) is 34.6. The molecular formula is C70H102N2O45S3. The van der Waals surface area contributed by atoms with Crippen LogP contribution in [0.15, 0.2) is 70.5 Å². The average Bonchev–Trinajstić information content (AvgIpc) is 0.808. The summed E-state index contributed by atoms with van der Waals surface area (Å²) in [5.41, 5.74) is 1.20. The van der Waals surface area contributed by atoms with Gasteiger partial charge < -0.3 is 198 Å². The maximum atomic E-state index is 14.3. The highest BCUT2D eigenvalue weighted by Crippen LogP contribution is 2.42. The Morgan fingerprint density at radius 2 is 0.658 bits per heavy atom. The van der Waals surface area contributed by atoms with Gasteiger partial charge in [-0.2, -0.15) is 24.9 Å². The van der Waals surface area contributed by atoms with Crippen LogP contribution < -0.4 is 9.62 Å². The minimum Gasteiger partial charge on any atom is -0.480 e. The Hall–Kier alpha value is -4.16. The van der Waals surface area contributed by atoms with Crippen LogP contribution in [-0.2, 0) is 105 Å². The Morgan fingerprint density at radius 3 is 0.958 bits per heavy atom. The number of hydrogen-bond acceptors (Lipinski definition) is 46. The summed E-state index contributed by atoms with van der Waals surface area (Å²) in [6.07, 6.45) is -87.8. The molecule has 30 aliphatic heterocycles. The number of rotatable bonds is 19. The Morgan fingerprint density at radius 1 is 0.383 bits per heavy atom. The van der Waals surface area contributed by atoms with Crippen LogP contribution in [0.3, 0.4) is 0 Å². The summed E-state index contributed by atoms with van der Waals surface area (Å²) < 4.78 is 158. The average molecular weight is 1790 g/mol. The highest BCUT2D eigenvalue weighted by atomic mass is 32.2. The number of aryl methyl sites for hydroxylation is 1. The van der Waals surface area contributed by atoms with Crippen LogP contribution in [0.4, 0.5) is 5.69 Å². The number of benzene rings is 3. The largest absolute Gasteiger partial charge is 0.480 e. The van der Waals surface area contributed by atoms with Crippen molar-refractivity contribution in [3.8, 4) is 0 Å². The summed E-state index contributed by atoms with van der Waals surface area (Å²) in [5.74, 6) is -3.13. The minimum absolute atomic E-state index is 0.199. The summed E-state index contributed by atoms with van der Waals surface area (Å²) in [6.45, 7) is -6.59. The fraction of sp³-hybridized carbons (Fsp3) is 0.757. The van der Waals surface area contributed by atoms with Crippen molar-refractivity contribution in [2.45, 2.75) is 268 Å². The molecule has 3 aromatic rings. The van der Waals surface area contributed by atoms with Gasteiger partial charge in [0.05, 0.1) is 62.1 Å². The summed E-state index contributed by atoms with van der Waals surface area (Å²) in [6, 6.07) is 12.2.